The quantitative estimate of drug-likeness (QED) is 0.669. The normalized spacial score (nSPS) is 10.1. The highest BCUT2D eigenvalue weighted by atomic mass is 16.1. The van der Waals surface area contributed by atoms with Gasteiger partial charge in [0.05, 0.1) is 18.2 Å². The van der Waals surface area contributed by atoms with Crippen LogP contribution in [0.4, 0.5) is 0 Å². The molecule has 70 valence electrons. The van der Waals surface area contributed by atoms with Gasteiger partial charge in [0.1, 0.15) is 0 Å². The standard InChI is InChI=1S/C10H9N3O/c1-8(14)9-4-10(6-12-5-9)13-3-2-11-7-13/h2-7H,1H3. The number of carbonyl (C=O) groups excluding carboxylic acids is 1. The van der Waals surface area contributed by atoms with Gasteiger partial charge < -0.3 is 4.57 Å². The van der Waals surface area contributed by atoms with E-state index >= 15 is 0 Å². The predicted molar refractivity (Wildman–Crippen MR) is 51.4 cm³/mol. The number of ketones is 1. The summed E-state index contributed by atoms with van der Waals surface area (Å²) in [5.74, 6) is 0.0134. The third-order valence-corrected chi connectivity index (χ3v) is 1.93. The number of aromatic nitrogens is 3. The van der Waals surface area contributed by atoms with Gasteiger partial charge in [0.25, 0.3) is 0 Å². The number of imidazole rings is 1. The third kappa shape index (κ3) is 1.54. The van der Waals surface area contributed by atoms with Crippen LogP contribution in [0.2, 0.25) is 0 Å². The number of hydrogen-bond donors (Lipinski definition) is 0. The Bertz CT molecular complexity index is 448. The lowest BCUT2D eigenvalue weighted by molar-refractivity contribution is 0.101. The molecule has 0 N–H and O–H groups in total. The van der Waals surface area contributed by atoms with Crippen molar-refractivity contribution >= 4 is 5.78 Å². The first-order chi connectivity index (χ1) is 6.77. The highest BCUT2D eigenvalue weighted by molar-refractivity contribution is 5.94. The van der Waals surface area contributed by atoms with E-state index in [2.05, 4.69) is 9.97 Å². The van der Waals surface area contributed by atoms with Gasteiger partial charge in [-0.15, -0.1) is 0 Å². The maximum Gasteiger partial charge on any atom is 0.161 e. The van der Waals surface area contributed by atoms with Crippen LogP contribution in [-0.4, -0.2) is 20.3 Å². The Kier molecular flexibility index (Phi) is 2.10. The van der Waals surface area contributed by atoms with Crippen LogP contribution in [0.25, 0.3) is 5.69 Å². The summed E-state index contributed by atoms with van der Waals surface area (Å²) in [5, 5.41) is 0. The van der Waals surface area contributed by atoms with Gasteiger partial charge >= 0.3 is 0 Å². The highest BCUT2D eigenvalue weighted by Gasteiger charge is 2.01. The van der Waals surface area contributed by atoms with E-state index in [1.165, 1.54) is 6.92 Å². The zero-order valence-electron chi connectivity index (χ0n) is 7.71. The molecule has 2 heterocycles. The van der Waals surface area contributed by atoms with Gasteiger partial charge in [-0.05, 0) is 13.0 Å². The van der Waals surface area contributed by atoms with Crippen LogP contribution in [-0.2, 0) is 0 Å². The monoisotopic (exact) mass is 187 g/mol. The summed E-state index contributed by atoms with van der Waals surface area (Å²) in [4.78, 5) is 19.0. The second-order valence-electron chi connectivity index (χ2n) is 2.96. The topological polar surface area (TPSA) is 47.8 Å². The van der Waals surface area contributed by atoms with Crippen LogP contribution in [0, 0.1) is 0 Å². The average molecular weight is 187 g/mol. The van der Waals surface area contributed by atoms with Gasteiger partial charge in [0, 0.05) is 24.2 Å². The molecule has 0 saturated carbocycles. The van der Waals surface area contributed by atoms with E-state index in [1.807, 2.05) is 0 Å². The first kappa shape index (κ1) is 8.62. The van der Waals surface area contributed by atoms with Gasteiger partial charge in [-0.1, -0.05) is 0 Å². The first-order valence-electron chi connectivity index (χ1n) is 4.21. The maximum atomic E-state index is 11.1. The molecule has 0 fully saturated rings. The van der Waals surface area contributed by atoms with E-state index in [0.717, 1.165) is 5.69 Å². The van der Waals surface area contributed by atoms with Crippen molar-refractivity contribution in [3.63, 3.8) is 0 Å². The summed E-state index contributed by atoms with van der Waals surface area (Å²) in [6.07, 6.45) is 8.40. The molecule has 0 atom stereocenters. The Morgan fingerprint density at radius 3 is 2.86 bits per heavy atom. The SMILES string of the molecule is CC(=O)c1cncc(-n2ccnc2)c1. The molecule has 2 aromatic rings. The number of Topliss-reactive ketones (excluding diaryl/α,β-unsaturated/α-hetero) is 1. The molecule has 0 unspecified atom stereocenters. The lowest BCUT2D eigenvalue weighted by Crippen LogP contribution is -1.97. The summed E-state index contributed by atoms with van der Waals surface area (Å²) >= 11 is 0. The van der Waals surface area contributed by atoms with Crippen molar-refractivity contribution in [2.24, 2.45) is 0 Å². The first-order valence-corrected chi connectivity index (χ1v) is 4.21. The number of pyridine rings is 1. The smallest absolute Gasteiger partial charge is 0.161 e. The van der Waals surface area contributed by atoms with Gasteiger partial charge in [-0.3, -0.25) is 9.78 Å². The van der Waals surface area contributed by atoms with Crippen LogP contribution in [0.1, 0.15) is 17.3 Å². The Balaban J connectivity index is 2.46. The van der Waals surface area contributed by atoms with E-state index in [1.54, 1.807) is 41.7 Å². The molecule has 2 rings (SSSR count). The number of hydrogen-bond acceptors (Lipinski definition) is 3. The Labute approximate surface area is 81.2 Å². The molecule has 0 aliphatic rings. The molecule has 0 saturated heterocycles. The Hall–Kier alpha value is -1.97. The average Bonchev–Trinajstić information content (AvgIpc) is 2.71. The van der Waals surface area contributed by atoms with Crippen LogP contribution >= 0.6 is 0 Å². The van der Waals surface area contributed by atoms with Crippen LogP contribution in [0.5, 0.6) is 0 Å². The fourth-order valence-corrected chi connectivity index (χ4v) is 1.17. The molecule has 14 heavy (non-hydrogen) atoms. The fraction of sp³-hybridized carbons (Fsp3) is 0.100. The highest BCUT2D eigenvalue weighted by Crippen LogP contribution is 2.08. The van der Waals surface area contributed by atoms with E-state index < -0.39 is 0 Å². The summed E-state index contributed by atoms with van der Waals surface area (Å²) in [7, 11) is 0. The van der Waals surface area contributed by atoms with Crippen molar-refractivity contribution in [3.05, 3.63) is 42.7 Å². The van der Waals surface area contributed by atoms with E-state index in [4.69, 9.17) is 0 Å². The minimum absolute atomic E-state index is 0.0134. The van der Waals surface area contributed by atoms with Crippen LogP contribution in [0.3, 0.4) is 0 Å². The molecule has 0 amide bonds. The molecule has 0 aliphatic carbocycles. The second kappa shape index (κ2) is 3.41. The summed E-state index contributed by atoms with van der Waals surface area (Å²) in [6.45, 7) is 1.52. The van der Waals surface area contributed by atoms with E-state index in [9.17, 15) is 4.79 Å². The number of rotatable bonds is 2. The lowest BCUT2D eigenvalue weighted by Gasteiger charge is -2.02. The molecule has 0 aromatic carbocycles. The zero-order valence-corrected chi connectivity index (χ0v) is 7.71. The van der Waals surface area contributed by atoms with E-state index in [0.29, 0.717) is 5.56 Å². The predicted octanol–water partition coefficient (Wildman–Crippen LogP) is 1.47. The zero-order chi connectivity index (χ0) is 9.97. The molecule has 0 bridgehead atoms. The van der Waals surface area contributed by atoms with Crippen molar-refractivity contribution in [2.75, 3.05) is 0 Å². The van der Waals surface area contributed by atoms with Crippen LogP contribution in [0.15, 0.2) is 37.2 Å². The maximum absolute atomic E-state index is 11.1. The minimum Gasteiger partial charge on any atom is -0.305 e. The third-order valence-electron chi connectivity index (χ3n) is 1.93. The fourth-order valence-electron chi connectivity index (χ4n) is 1.17. The molecule has 4 heteroatoms. The summed E-state index contributed by atoms with van der Waals surface area (Å²) in [5.41, 5.74) is 1.45. The van der Waals surface area contributed by atoms with Gasteiger partial charge in [0.15, 0.2) is 5.78 Å². The molecule has 0 radical (unpaired) electrons. The van der Waals surface area contributed by atoms with Crippen LogP contribution < -0.4 is 0 Å². The lowest BCUT2D eigenvalue weighted by atomic mass is 10.2. The van der Waals surface area contributed by atoms with Crippen molar-refractivity contribution in [1.82, 2.24) is 14.5 Å². The number of carbonyl (C=O) groups is 1. The van der Waals surface area contributed by atoms with Crippen molar-refractivity contribution in [3.8, 4) is 5.69 Å². The number of nitrogens with zero attached hydrogens (tertiary/aromatic N) is 3. The summed E-state index contributed by atoms with van der Waals surface area (Å²) in [6, 6.07) is 1.79. The van der Waals surface area contributed by atoms with E-state index in [-0.39, 0.29) is 5.78 Å². The Morgan fingerprint density at radius 2 is 2.21 bits per heavy atom. The molecular formula is C10H9N3O. The van der Waals surface area contributed by atoms with Gasteiger partial charge in [-0.2, -0.15) is 0 Å². The molecule has 2 aromatic heterocycles. The largest absolute Gasteiger partial charge is 0.305 e. The van der Waals surface area contributed by atoms with Crippen molar-refractivity contribution < 1.29 is 4.79 Å². The molecule has 0 aliphatic heterocycles. The van der Waals surface area contributed by atoms with Crippen molar-refractivity contribution in [2.45, 2.75) is 6.92 Å². The minimum atomic E-state index is 0.0134. The molecule has 4 nitrogen and oxygen atoms in total. The van der Waals surface area contributed by atoms with Gasteiger partial charge in [0.2, 0.25) is 0 Å². The van der Waals surface area contributed by atoms with Gasteiger partial charge in [-0.25, -0.2) is 4.98 Å². The Morgan fingerprint density at radius 1 is 1.36 bits per heavy atom. The molecular weight excluding hydrogens is 178 g/mol. The summed E-state index contributed by atoms with van der Waals surface area (Å²) < 4.78 is 1.80. The second-order valence-corrected chi connectivity index (χ2v) is 2.96. The molecule has 0 spiro atoms. The van der Waals surface area contributed by atoms with Crippen molar-refractivity contribution in [1.29, 1.82) is 0 Å².